The average Bonchev–Trinajstić information content (AvgIpc) is 3.41. The van der Waals surface area contributed by atoms with Crippen LogP contribution in [0.5, 0.6) is 5.75 Å². The first-order chi connectivity index (χ1) is 22.2. The highest BCUT2D eigenvalue weighted by atomic mass is 35.5. The minimum absolute atomic E-state index is 0.0451. The molecule has 1 saturated heterocycles. The van der Waals surface area contributed by atoms with Gasteiger partial charge in [0.25, 0.3) is 0 Å². The average molecular weight is 679 g/mol. The van der Waals surface area contributed by atoms with Crippen LogP contribution in [0.1, 0.15) is 69.0 Å². The fourth-order valence-electron chi connectivity index (χ4n) is 5.96. The van der Waals surface area contributed by atoms with Crippen LogP contribution in [-0.4, -0.2) is 90.3 Å². The lowest BCUT2D eigenvalue weighted by molar-refractivity contribution is -0.130. The summed E-state index contributed by atoms with van der Waals surface area (Å²) in [4.78, 5) is 40.0. The number of benzene rings is 3. The molecule has 0 aromatic heterocycles. The fourth-order valence-corrected chi connectivity index (χ4v) is 6.21. The molecular formula is C37H45Cl2N5O3. The van der Waals surface area contributed by atoms with E-state index < -0.39 is 12.1 Å². The lowest BCUT2D eigenvalue weighted by atomic mass is 9.86. The highest BCUT2D eigenvalue weighted by molar-refractivity contribution is 6.30. The molecule has 3 aromatic rings. The number of hydrogen-bond donors (Lipinski definition) is 0. The predicted octanol–water partition coefficient (Wildman–Crippen LogP) is 7.45. The van der Waals surface area contributed by atoms with E-state index in [1.54, 1.807) is 19.0 Å². The molecule has 2 aliphatic heterocycles. The van der Waals surface area contributed by atoms with Crippen molar-refractivity contribution in [1.82, 2.24) is 19.6 Å². The Morgan fingerprint density at radius 3 is 2.00 bits per heavy atom. The summed E-state index contributed by atoms with van der Waals surface area (Å²) in [6.07, 6.45) is -0.0906. The number of halogens is 2. The third-order valence-electron chi connectivity index (χ3n) is 8.65. The monoisotopic (exact) mass is 677 g/mol. The molecule has 0 aliphatic carbocycles. The van der Waals surface area contributed by atoms with Crippen molar-refractivity contribution in [2.24, 2.45) is 4.99 Å². The lowest BCUT2D eigenvalue weighted by Crippen LogP contribution is -2.55. The Kier molecular flexibility index (Phi) is 10.5. The molecule has 250 valence electrons. The summed E-state index contributed by atoms with van der Waals surface area (Å²) in [5.74, 6) is 1.28. The van der Waals surface area contributed by atoms with Crippen molar-refractivity contribution < 1.29 is 14.3 Å². The van der Waals surface area contributed by atoms with Gasteiger partial charge in [-0.3, -0.25) is 19.6 Å². The third-order valence-corrected chi connectivity index (χ3v) is 9.15. The van der Waals surface area contributed by atoms with Crippen LogP contribution in [0.3, 0.4) is 0 Å². The predicted molar refractivity (Wildman–Crippen MR) is 190 cm³/mol. The highest BCUT2D eigenvalue weighted by Gasteiger charge is 2.45. The van der Waals surface area contributed by atoms with Crippen LogP contribution in [0.4, 0.5) is 4.79 Å². The molecule has 0 bridgehead atoms. The maximum atomic E-state index is 14.9. The second-order valence-electron chi connectivity index (χ2n) is 13.8. The zero-order chi connectivity index (χ0) is 34.0. The van der Waals surface area contributed by atoms with Gasteiger partial charge in [-0.05, 0) is 72.4 Å². The van der Waals surface area contributed by atoms with Gasteiger partial charge in [-0.2, -0.15) is 0 Å². The van der Waals surface area contributed by atoms with E-state index in [-0.39, 0.29) is 23.5 Å². The van der Waals surface area contributed by atoms with Gasteiger partial charge in [0.05, 0.1) is 24.3 Å². The number of nitrogens with zero attached hydrogens (tertiary/aromatic N) is 5. The number of piperazine rings is 1. The Labute approximate surface area is 288 Å². The van der Waals surface area contributed by atoms with Crippen LogP contribution < -0.4 is 4.74 Å². The van der Waals surface area contributed by atoms with E-state index >= 15 is 0 Å². The van der Waals surface area contributed by atoms with Gasteiger partial charge in [-0.25, -0.2) is 4.79 Å². The van der Waals surface area contributed by atoms with Gasteiger partial charge in [-0.1, -0.05) is 74.3 Å². The van der Waals surface area contributed by atoms with Gasteiger partial charge in [0.15, 0.2) is 0 Å². The smallest absolute Gasteiger partial charge is 0.326 e. The third kappa shape index (κ3) is 7.94. The van der Waals surface area contributed by atoms with Crippen LogP contribution in [-0.2, 0) is 10.2 Å². The molecule has 3 amide bonds. The molecule has 0 radical (unpaired) electrons. The molecule has 47 heavy (non-hydrogen) atoms. The Morgan fingerprint density at radius 2 is 1.47 bits per heavy atom. The number of amides is 3. The fraction of sp³-hybridized carbons (Fsp3) is 0.432. The quantitative estimate of drug-likeness (QED) is 0.261. The zero-order valence-corrected chi connectivity index (χ0v) is 29.8. The molecular weight excluding hydrogens is 633 g/mol. The summed E-state index contributed by atoms with van der Waals surface area (Å²) in [5.41, 5.74) is 3.62. The van der Waals surface area contributed by atoms with Crippen LogP contribution >= 0.6 is 23.2 Å². The Morgan fingerprint density at radius 1 is 0.894 bits per heavy atom. The second kappa shape index (κ2) is 14.3. The van der Waals surface area contributed by atoms with Gasteiger partial charge < -0.3 is 14.5 Å². The topological polar surface area (TPSA) is 68.7 Å². The first kappa shape index (κ1) is 34.7. The molecule has 3 aromatic carbocycles. The summed E-state index contributed by atoms with van der Waals surface area (Å²) < 4.78 is 6.44. The SMILES string of the molecule is CC(C)Oc1cc(C(C)(C)C)ccc1C1=N[C@@H](c2ccc(Cl)cc2)[C@@H](c2ccc(Cl)cc2)N1C(=O)N1CCN(CC(=O)N(C)C)CC1. The van der Waals surface area contributed by atoms with E-state index in [1.165, 1.54) is 0 Å². The van der Waals surface area contributed by atoms with Crippen LogP contribution in [0.2, 0.25) is 10.0 Å². The summed E-state index contributed by atoms with van der Waals surface area (Å²) in [6.45, 7) is 13.0. The van der Waals surface area contributed by atoms with Crippen molar-refractivity contribution in [3.05, 3.63) is 99.0 Å². The van der Waals surface area contributed by atoms with Crippen LogP contribution in [0, 0.1) is 0 Å². The maximum Gasteiger partial charge on any atom is 0.326 e. The molecule has 2 aliphatic rings. The first-order valence-corrected chi connectivity index (χ1v) is 16.9. The molecule has 0 unspecified atom stereocenters. The lowest BCUT2D eigenvalue weighted by Gasteiger charge is -2.39. The van der Waals surface area contributed by atoms with Crippen molar-refractivity contribution in [3.8, 4) is 5.75 Å². The summed E-state index contributed by atoms with van der Waals surface area (Å²) in [7, 11) is 3.52. The van der Waals surface area contributed by atoms with E-state index in [4.69, 9.17) is 32.9 Å². The highest BCUT2D eigenvalue weighted by Crippen LogP contribution is 2.46. The van der Waals surface area contributed by atoms with Crippen molar-refractivity contribution >= 4 is 41.0 Å². The number of carbonyl (C=O) groups is 2. The maximum absolute atomic E-state index is 14.9. The minimum atomic E-state index is -0.460. The van der Waals surface area contributed by atoms with Crippen molar-refractivity contribution in [3.63, 3.8) is 0 Å². The number of hydrogen-bond acceptors (Lipinski definition) is 5. The molecule has 0 spiro atoms. The first-order valence-electron chi connectivity index (χ1n) is 16.1. The summed E-state index contributed by atoms with van der Waals surface area (Å²) in [6, 6.07) is 20.5. The molecule has 10 heteroatoms. The van der Waals surface area contributed by atoms with Gasteiger partial charge in [0, 0.05) is 50.3 Å². The van der Waals surface area contributed by atoms with Crippen molar-refractivity contribution in [1.29, 1.82) is 0 Å². The van der Waals surface area contributed by atoms with Gasteiger partial charge in [0.1, 0.15) is 17.6 Å². The van der Waals surface area contributed by atoms with E-state index in [0.29, 0.717) is 54.4 Å². The number of rotatable bonds is 7. The molecule has 0 N–H and O–H groups in total. The number of amidine groups is 1. The van der Waals surface area contributed by atoms with Gasteiger partial charge in [0.2, 0.25) is 5.91 Å². The second-order valence-corrected chi connectivity index (χ2v) is 14.6. The van der Waals surface area contributed by atoms with Gasteiger partial charge in [-0.15, -0.1) is 0 Å². The van der Waals surface area contributed by atoms with Crippen LogP contribution in [0.25, 0.3) is 0 Å². The molecule has 1 fully saturated rings. The van der Waals surface area contributed by atoms with Crippen molar-refractivity contribution in [2.45, 2.75) is 58.2 Å². The van der Waals surface area contributed by atoms with E-state index in [0.717, 1.165) is 22.3 Å². The largest absolute Gasteiger partial charge is 0.490 e. The summed E-state index contributed by atoms with van der Waals surface area (Å²) in [5, 5.41) is 1.24. The normalized spacial score (nSPS) is 18.8. The van der Waals surface area contributed by atoms with Gasteiger partial charge >= 0.3 is 6.03 Å². The Bertz CT molecular complexity index is 1610. The number of carbonyl (C=O) groups excluding carboxylic acids is 2. The standard InChI is InChI=1S/C37H45Cl2N5O3/c1-24(2)47-31-22-27(37(3,4)5)12-17-30(31)35-40-33(25-8-13-28(38)14-9-25)34(26-10-15-29(39)16-11-26)44(35)36(46)43-20-18-42(19-21-43)23-32(45)41(6)7/h8-17,22,24,33-34H,18-21,23H2,1-7H3/t33-,34+/m0/s1. The van der Waals surface area contributed by atoms with E-state index in [9.17, 15) is 9.59 Å². The number of likely N-dealkylation sites (N-methyl/N-ethyl adjacent to an activating group) is 1. The Balaban J connectivity index is 1.62. The minimum Gasteiger partial charge on any atom is -0.490 e. The molecule has 8 nitrogen and oxygen atoms in total. The number of aliphatic imine (C=N–C) groups is 1. The molecule has 2 atom stereocenters. The zero-order valence-electron chi connectivity index (χ0n) is 28.3. The number of ether oxygens (including phenoxy) is 1. The Hall–Kier alpha value is -3.59. The molecule has 5 rings (SSSR count). The van der Waals surface area contributed by atoms with E-state index in [2.05, 4.69) is 37.8 Å². The van der Waals surface area contributed by atoms with E-state index in [1.807, 2.05) is 78.2 Å². The van der Waals surface area contributed by atoms with Crippen LogP contribution in [0.15, 0.2) is 71.7 Å². The van der Waals surface area contributed by atoms with Crippen molar-refractivity contribution in [2.75, 3.05) is 46.8 Å². The molecule has 0 saturated carbocycles. The summed E-state index contributed by atoms with van der Waals surface area (Å²) >= 11 is 12.7. The number of urea groups is 1. The molecule has 2 heterocycles.